The zero-order valence-electron chi connectivity index (χ0n) is 8.17. The van der Waals surface area contributed by atoms with Crippen LogP contribution in [0, 0.1) is 11.6 Å². The normalized spacial score (nSPS) is 10.6. The summed E-state index contributed by atoms with van der Waals surface area (Å²) < 4.78 is 30.7. The molecule has 0 fully saturated rings. The topological polar surface area (TPSA) is 26.3 Å². The number of benzene rings is 1. The number of esters is 1. The van der Waals surface area contributed by atoms with Gasteiger partial charge in [0.15, 0.2) is 0 Å². The highest BCUT2D eigenvalue weighted by molar-refractivity contribution is 5.87. The fraction of sp³-hybridized carbons (Fsp3) is 0.182. The van der Waals surface area contributed by atoms with E-state index in [2.05, 4.69) is 4.74 Å². The molecule has 80 valence electrons. The van der Waals surface area contributed by atoms with E-state index in [1.807, 2.05) is 0 Å². The second-order valence-electron chi connectivity index (χ2n) is 2.72. The first-order chi connectivity index (χ1) is 7.15. The number of hydrogen-bond acceptors (Lipinski definition) is 2. The maximum atomic E-state index is 13.0. The number of carbonyl (C=O) groups is 1. The standard InChI is InChI=1S/C11H10F2O2/c1-2-15-11(14)7-6-8-9(12)4-3-5-10(8)13/h3-7H,2H2,1H3/b7-6+. The first-order valence-electron chi connectivity index (χ1n) is 4.44. The molecular formula is C11H10F2O2. The predicted octanol–water partition coefficient (Wildman–Crippen LogP) is 2.54. The van der Waals surface area contributed by atoms with Gasteiger partial charge in [-0.3, -0.25) is 0 Å². The third-order valence-electron chi connectivity index (χ3n) is 1.67. The van der Waals surface area contributed by atoms with Gasteiger partial charge in [0.1, 0.15) is 11.6 Å². The molecule has 0 atom stereocenters. The minimum atomic E-state index is -0.712. The van der Waals surface area contributed by atoms with Crippen LogP contribution in [0.4, 0.5) is 8.78 Å². The lowest BCUT2D eigenvalue weighted by molar-refractivity contribution is -0.137. The highest BCUT2D eigenvalue weighted by Crippen LogP contribution is 2.13. The minimum Gasteiger partial charge on any atom is -0.463 e. The number of halogens is 2. The molecule has 1 aromatic carbocycles. The summed E-state index contributed by atoms with van der Waals surface area (Å²) >= 11 is 0. The van der Waals surface area contributed by atoms with Gasteiger partial charge < -0.3 is 4.74 Å². The monoisotopic (exact) mass is 212 g/mol. The molecule has 4 heteroatoms. The Balaban J connectivity index is 2.84. The average molecular weight is 212 g/mol. The lowest BCUT2D eigenvalue weighted by Crippen LogP contribution is -1.99. The molecule has 15 heavy (non-hydrogen) atoms. The molecule has 0 aliphatic carbocycles. The second-order valence-corrected chi connectivity index (χ2v) is 2.72. The molecule has 0 radical (unpaired) electrons. The van der Waals surface area contributed by atoms with Crippen molar-refractivity contribution in [2.24, 2.45) is 0 Å². The van der Waals surface area contributed by atoms with Gasteiger partial charge in [0.25, 0.3) is 0 Å². The molecule has 0 aliphatic heterocycles. The zero-order valence-corrected chi connectivity index (χ0v) is 8.17. The lowest BCUT2D eigenvalue weighted by atomic mass is 10.2. The van der Waals surface area contributed by atoms with E-state index in [-0.39, 0.29) is 12.2 Å². The summed E-state index contributed by atoms with van der Waals surface area (Å²) in [4.78, 5) is 10.9. The van der Waals surface area contributed by atoms with Crippen LogP contribution in [0.2, 0.25) is 0 Å². The maximum Gasteiger partial charge on any atom is 0.330 e. The largest absolute Gasteiger partial charge is 0.463 e. The van der Waals surface area contributed by atoms with E-state index in [0.717, 1.165) is 24.3 Å². The van der Waals surface area contributed by atoms with E-state index in [1.165, 1.54) is 6.07 Å². The first-order valence-corrected chi connectivity index (χ1v) is 4.44. The minimum absolute atomic E-state index is 0.225. The SMILES string of the molecule is CCOC(=O)/C=C/c1c(F)cccc1F. The summed E-state index contributed by atoms with van der Waals surface area (Å²) in [5, 5.41) is 0. The van der Waals surface area contributed by atoms with Crippen molar-refractivity contribution in [1.82, 2.24) is 0 Å². The van der Waals surface area contributed by atoms with Gasteiger partial charge in [-0.1, -0.05) is 6.07 Å². The van der Waals surface area contributed by atoms with Crippen LogP contribution in [0.3, 0.4) is 0 Å². The van der Waals surface area contributed by atoms with Gasteiger partial charge >= 0.3 is 5.97 Å². The Kier molecular flexibility index (Phi) is 3.97. The van der Waals surface area contributed by atoms with E-state index < -0.39 is 17.6 Å². The molecular weight excluding hydrogens is 202 g/mol. The molecule has 1 rings (SSSR count). The molecule has 0 aliphatic rings. The molecule has 1 aromatic rings. The van der Waals surface area contributed by atoms with E-state index in [9.17, 15) is 13.6 Å². The Morgan fingerprint density at radius 2 is 2.00 bits per heavy atom. The van der Waals surface area contributed by atoms with Crippen molar-refractivity contribution < 1.29 is 18.3 Å². The van der Waals surface area contributed by atoms with Gasteiger partial charge in [0.05, 0.1) is 6.61 Å². The summed E-state index contributed by atoms with van der Waals surface area (Å²) in [6, 6.07) is 3.49. The summed E-state index contributed by atoms with van der Waals surface area (Å²) in [7, 11) is 0. The summed E-state index contributed by atoms with van der Waals surface area (Å²) in [5.41, 5.74) is -0.245. The maximum absolute atomic E-state index is 13.0. The number of ether oxygens (including phenoxy) is 1. The van der Waals surface area contributed by atoms with Gasteiger partial charge in [-0.2, -0.15) is 0 Å². The lowest BCUT2D eigenvalue weighted by Gasteiger charge is -1.98. The molecule has 0 unspecified atom stereocenters. The fourth-order valence-electron chi connectivity index (χ4n) is 1.01. The van der Waals surface area contributed by atoms with Crippen LogP contribution in [-0.4, -0.2) is 12.6 Å². The van der Waals surface area contributed by atoms with Crippen molar-refractivity contribution in [3.8, 4) is 0 Å². The Hall–Kier alpha value is -1.71. The molecule has 0 saturated heterocycles. The molecule has 2 nitrogen and oxygen atoms in total. The van der Waals surface area contributed by atoms with Crippen molar-refractivity contribution in [1.29, 1.82) is 0 Å². The highest BCUT2D eigenvalue weighted by atomic mass is 19.1. The van der Waals surface area contributed by atoms with Gasteiger partial charge in [0.2, 0.25) is 0 Å². The summed E-state index contributed by atoms with van der Waals surface area (Å²) in [6.07, 6.45) is 2.05. The smallest absolute Gasteiger partial charge is 0.330 e. The van der Waals surface area contributed by atoms with Crippen LogP contribution < -0.4 is 0 Å². The molecule has 0 spiro atoms. The molecule has 0 N–H and O–H groups in total. The number of rotatable bonds is 3. The van der Waals surface area contributed by atoms with Crippen molar-refractivity contribution >= 4 is 12.0 Å². The molecule has 0 bridgehead atoms. The predicted molar refractivity (Wildman–Crippen MR) is 52.0 cm³/mol. The zero-order chi connectivity index (χ0) is 11.3. The van der Waals surface area contributed by atoms with Crippen LogP contribution >= 0.6 is 0 Å². The average Bonchev–Trinajstić information content (AvgIpc) is 2.17. The van der Waals surface area contributed by atoms with Crippen LogP contribution in [0.1, 0.15) is 12.5 Å². The van der Waals surface area contributed by atoms with Crippen molar-refractivity contribution in [3.63, 3.8) is 0 Å². The third kappa shape index (κ3) is 3.16. The van der Waals surface area contributed by atoms with Crippen molar-refractivity contribution in [2.75, 3.05) is 6.61 Å². The van der Waals surface area contributed by atoms with Crippen LogP contribution in [0.15, 0.2) is 24.3 Å². The van der Waals surface area contributed by atoms with E-state index in [0.29, 0.717) is 0 Å². The summed E-state index contributed by atoms with van der Waals surface area (Å²) in [6.45, 7) is 1.87. The molecule has 0 saturated carbocycles. The van der Waals surface area contributed by atoms with E-state index in [4.69, 9.17) is 0 Å². The Morgan fingerprint density at radius 3 is 2.53 bits per heavy atom. The highest BCUT2D eigenvalue weighted by Gasteiger charge is 2.05. The van der Waals surface area contributed by atoms with E-state index >= 15 is 0 Å². The van der Waals surface area contributed by atoms with Crippen LogP contribution in [0.25, 0.3) is 6.08 Å². The van der Waals surface area contributed by atoms with Gasteiger partial charge in [-0.25, -0.2) is 13.6 Å². The Labute approximate surface area is 86.2 Å². The van der Waals surface area contributed by atoms with Crippen molar-refractivity contribution in [2.45, 2.75) is 6.92 Å². The van der Waals surface area contributed by atoms with Crippen LogP contribution in [0.5, 0.6) is 0 Å². The van der Waals surface area contributed by atoms with Gasteiger partial charge in [-0.05, 0) is 25.1 Å². The number of carbonyl (C=O) groups excluding carboxylic acids is 1. The van der Waals surface area contributed by atoms with E-state index in [1.54, 1.807) is 6.92 Å². The molecule has 0 aromatic heterocycles. The quantitative estimate of drug-likeness (QED) is 0.568. The first kappa shape index (κ1) is 11.4. The second kappa shape index (κ2) is 5.24. The van der Waals surface area contributed by atoms with Crippen LogP contribution in [-0.2, 0) is 9.53 Å². The summed E-state index contributed by atoms with van der Waals surface area (Å²) in [5.74, 6) is -2.05. The molecule has 0 heterocycles. The van der Waals surface area contributed by atoms with Crippen molar-refractivity contribution in [3.05, 3.63) is 41.5 Å². The molecule has 0 amide bonds. The Bertz CT molecular complexity index is 366. The van der Waals surface area contributed by atoms with Gasteiger partial charge in [0, 0.05) is 11.6 Å². The fourth-order valence-corrected chi connectivity index (χ4v) is 1.01. The third-order valence-corrected chi connectivity index (χ3v) is 1.67. The van der Waals surface area contributed by atoms with Gasteiger partial charge in [-0.15, -0.1) is 0 Å². The number of hydrogen-bond donors (Lipinski definition) is 0. The Morgan fingerprint density at radius 1 is 1.40 bits per heavy atom.